The molecule has 1 heterocycles. The SMILES string of the molecule is CCCC(=O)Nc1ccc(CN=C(NCC)NCCCn2nc(C)cc2C)cc1.I. The summed E-state index contributed by atoms with van der Waals surface area (Å²) >= 11 is 0. The van der Waals surface area contributed by atoms with Gasteiger partial charge in [-0.15, -0.1) is 24.0 Å². The van der Waals surface area contributed by atoms with E-state index in [0.717, 1.165) is 55.4 Å². The Kier molecular flexibility index (Phi) is 12.1. The lowest BCUT2D eigenvalue weighted by Gasteiger charge is -2.12. The van der Waals surface area contributed by atoms with Crippen molar-refractivity contribution in [3.63, 3.8) is 0 Å². The maximum absolute atomic E-state index is 11.7. The van der Waals surface area contributed by atoms with Crippen LogP contribution in [0.3, 0.4) is 0 Å². The van der Waals surface area contributed by atoms with Crippen LogP contribution in [-0.4, -0.2) is 34.7 Å². The predicted molar refractivity (Wildman–Crippen MR) is 135 cm³/mol. The number of hydrogen-bond donors (Lipinski definition) is 3. The Bertz CT molecular complexity index is 800. The fraction of sp³-hybridized carbons (Fsp3) is 0.500. The van der Waals surface area contributed by atoms with E-state index >= 15 is 0 Å². The number of aromatic nitrogens is 2. The second-order valence-electron chi connectivity index (χ2n) is 7.12. The summed E-state index contributed by atoms with van der Waals surface area (Å²) in [6, 6.07) is 9.94. The van der Waals surface area contributed by atoms with Crippen LogP contribution in [-0.2, 0) is 17.9 Å². The average Bonchev–Trinajstić information content (AvgIpc) is 3.01. The van der Waals surface area contributed by atoms with Crippen molar-refractivity contribution in [3.05, 3.63) is 47.3 Å². The molecule has 0 saturated carbocycles. The second-order valence-corrected chi connectivity index (χ2v) is 7.12. The molecule has 0 spiro atoms. The van der Waals surface area contributed by atoms with Gasteiger partial charge in [-0.3, -0.25) is 9.48 Å². The highest BCUT2D eigenvalue weighted by Gasteiger charge is 2.03. The van der Waals surface area contributed by atoms with Crippen molar-refractivity contribution in [2.24, 2.45) is 4.99 Å². The molecule has 0 bridgehead atoms. The van der Waals surface area contributed by atoms with Gasteiger partial charge >= 0.3 is 0 Å². The zero-order valence-electron chi connectivity index (χ0n) is 18.5. The number of anilines is 1. The summed E-state index contributed by atoms with van der Waals surface area (Å²) < 4.78 is 2.04. The van der Waals surface area contributed by atoms with E-state index in [-0.39, 0.29) is 29.9 Å². The van der Waals surface area contributed by atoms with Gasteiger partial charge in [-0.05, 0) is 57.4 Å². The summed E-state index contributed by atoms with van der Waals surface area (Å²) in [7, 11) is 0. The number of aliphatic imine (C=N–C) groups is 1. The van der Waals surface area contributed by atoms with Crippen molar-refractivity contribution in [1.29, 1.82) is 0 Å². The normalized spacial score (nSPS) is 11.0. The number of nitrogens with zero attached hydrogens (tertiary/aromatic N) is 3. The molecule has 0 atom stereocenters. The predicted octanol–water partition coefficient (Wildman–Crippen LogP) is 4.00. The monoisotopic (exact) mass is 526 g/mol. The Labute approximate surface area is 197 Å². The molecule has 0 unspecified atom stereocenters. The molecular formula is C22H35IN6O. The van der Waals surface area contributed by atoms with Gasteiger partial charge in [-0.1, -0.05) is 19.1 Å². The minimum Gasteiger partial charge on any atom is -0.357 e. The molecule has 1 aromatic heterocycles. The van der Waals surface area contributed by atoms with Crippen molar-refractivity contribution >= 4 is 41.5 Å². The first-order valence-corrected chi connectivity index (χ1v) is 10.4. The summed E-state index contributed by atoms with van der Waals surface area (Å²) in [5.74, 6) is 0.860. The Morgan fingerprint density at radius 1 is 1.13 bits per heavy atom. The molecule has 1 aromatic carbocycles. The number of nitrogens with one attached hydrogen (secondary N) is 3. The molecule has 2 aromatic rings. The van der Waals surface area contributed by atoms with Gasteiger partial charge in [0.1, 0.15) is 0 Å². The van der Waals surface area contributed by atoms with E-state index in [1.807, 2.05) is 42.8 Å². The lowest BCUT2D eigenvalue weighted by molar-refractivity contribution is -0.116. The van der Waals surface area contributed by atoms with Crippen LogP contribution < -0.4 is 16.0 Å². The van der Waals surface area contributed by atoms with Crippen LogP contribution in [0.25, 0.3) is 0 Å². The molecule has 0 aliphatic carbocycles. The fourth-order valence-corrected chi connectivity index (χ4v) is 2.99. The van der Waals surface area contributed by atoms with Crippen LogP contribution in [0.1, 0.15) is 50.1 Å². The zero-order chi connectivity index (χ0) is 21.1. The standard InChI is InChI=1S/C22H34N6O.HI/c1-5-8-21(29)26-20-11-9-19(10-12-20)16-25-22(23-6-2)24-13-7-14-28-18(4)15-17(3)27-28;/h9-12,15H,5-8,13-14,16H2,1-4H3,(H,26,29)(H2,23,24,25);1H. The highest BCUT2D eigenvalue weighted by Crippen LogP contribution is 2.11. The van der Waals surface area contributed by atoms with E-state index in [9.17, 15) is 4.79 Å². The Morgan fingerprint density at radius 3 is 2.47 bits per heavy atom. The van der Waals surface area contributed by atoms with E-state index in [1.54, 1.807) is 0 Å². The van der Waals surface area contributed by atoms with Crippen LogP contribution in [0, 0.1) is 13.8 Å². The summed E-state index contributed by atoms with van der Waals surface area (Å²) in [5.41, 5.74) is 4.17. The van der Waals surface area contributed by atoms with Crippen LogP contribution in [0.2, 0.25) is 0 Å². The highest BCUT2D eigenvalue weighted by atomic mass is 127. The lowest BCUT2D eigenvalue weighted by atomic mass is 10.2. The largest absolute Gasteiger partial charge is 0.357 e. The maximum Gasteiger partial charge on any atom is 0.224 e. The molecule has 1 amide bonds. The van der Waals surface area contributed by atoms with E-state index in [0.29, 0.717) is 13.0 Å². The molecule has 0 aliphatic rings. The van der Waals surface area contributed by atoms with E-state index in [1.165, 1.54) is 5.69 Å². The number of halogens is 1. The molecule has 3 N–H and O–H groups in total. The van der Waals surface area contributed by atoms with E-state index in [4.69, 9.17) is 0 Å². The van der Waals surface area contributed by atoms with Crippen LogP contribution in [0.15, 0.2) is 35.3 Å². The van der Waals surface area contributed by atoms with E-state index < -0.39 is 0 Å². The quantitative estimate of drug-likeness (QED) is 0.189. The van der Waals surface area contributed by atoms with Crippen LogP contribution >= 0.6 is 24.0 Å². The number of hydrogen-bond acceptors (Lipinski definition) is 3. The number of guanidine groups is 1. The second kappa shape index (κ2) is 14.0. The summed E-state index contributed by atoms with van der Waals surface area (Å²) in [6.07, 6.45) is 2.36. The summed E-state index contributed by atoms with van der Waals surface area (Å²) in [4.78, 5) is 16.3. The molecule has 0 fully saturated rings. The van der Waals surface area contributed by atoms with Crippen molar-refractivity contribution < 1.29 is 4.79 Å². The van der Waals surface area contributed by atoms with Crippen LogP contribution in [0.5, 0.6) is 0 Å². The third-order valence-corrected chi connectivity index (χ3v) is 4.42. The molecule has 166 valence electrons. The van der Waals surface area contributed by atoms with Crippen LogP contribution in [0.4, 0.5) is 5.69 Å². The lowest BCUT2D eigenvalue weighted by Crippen LogP contribution is -2.38. The third-order valence-electron chi connectivity index (χ3n) is 4.42. The first kappa shape index (κ1) is 25.9. The van der Waals surface area contributed by atoms with Crippen molar-refractivity contribution in [2.75, 3.05) is 18.4 Å². The molecule has 0 aliphatic heterocycles. The zero-order valence-corrected chi connectivity index (χ0v) is 20.8. The van der Waals surface area contributed by atoms with Gasteiger partial charge in [0, 0.05) is 37.4 Å². The van der Waals surface area contributed by atoms with Gasteiger partial charge in [0.05, 0.1) is 12.2 Å². The Balaban J connectivity index is 0.00000450. The molecule has 0 saturated heterocycles. The van der Waals surface area contributed by atoms with Crippen molar-refractivity contribution in [3.8, 4) is 0 Å². The summed E-state index contributed by atoms with van der Waals surface area (Å²) in [6.45, 7) is 11.3. The molecular weight excluding hydrogens is 491 g/mol. The Morgan fingerprint density at radius 2 is 1.87 bits per heavy atom. The summed E-state index contributed by atoms with van der Waals surface area (Å²) in [5, 5.41) is 14.1. The minimum absolute atomic E-state index is 0. The van der Waals surface area contributed by atoms with Gasteiger partial charge in [-0.25, -0.2) is 4.99 Å². The average molecular weight is 526 g/mol. The molecule has 30 heavy (non-hydrogen) atoms. The van der Waals surface area contributed by atoms with Gasteiger partial charge in [0.15, 0.2) is 5.96 Å². The van der Waals surface area contributed by atoms with E-state index in [2.05, 4.69) is 46.0 Å². The first-order chi connectivity index (χ1) is 14.0. The molecule has 7 nitrogen and oxygen atoms in total. The Hall–Kier alpha value is -2.10. The number of amides is 1. The number of benzene rings is 1. The van der Waals surface area contributed by atoms with Gasteiger partial charge in [-0.2, -0.15) is 5.10 Å². The fourth-order valence-electron chi connectivity index (χ4n) is 2.99. The first-order valence-electron chi connectivity index (χ1n) is 10.4. The number of aryl methyl sites for hydroxylation is 3. The third kappa shape index (κ3) is 9.15. The highest BCUT2D eigenvalue weighted by molar-refractivity contribution is 14.0. The number of carbonyl (C=O) groups excluding carboxylic acids is 1. The smallest absolute Gasteiger partial charge is 0.224 e. The number of rotatable bonds is 10. The van der Waals surface area contributed by atoms with Crippen molar-refractivity contribution in [1.82, 2.24) is 20.4 Å². The maximum atomic E-state index is 11.7. The van der Waals surface area contributed by atoms with Gasteiger partial charge < -0.3 is 16.0 Å². The van der Waals surface area contributed by atoms with Gasteiger partial charge in [0.25, 0.3) is 0 Å². The molecule has 0 radical (unpaired) electrons. The molecule has 2 rings (SSSR count). The molecule has 8 heteroatoms. The van der Waals surface area contributed by atoms with Crippen molar-refractivity contribution in [2.45, 2.75) is 60.0 Å². The number of carbonyl (C=O) groups is 1. The topological polar surface area (TPSA) is 83.3 Å². The minimum atomic E-state index is 0. The van der Waals surface area contributed by atoms with Gasteiger partial charge in [0.2, 0.25) is 5.91 Å².